The fraction of sp³-hybridized carbons (Fsp3) is 0.842. The van der Waals surface area contributed by atoms with Crippen LogP contribution in [0.4, 0.5) is 0 Å². The third-order valence-electron chi connectivity index (χ3n) is 8.02. The zero-order valence-electron chi connectivity index (χ0n) is 16.0. The molecule has 3 saturated carbocycles. The van der Waals surface area contributed by atoms with Crippen molar-refractivity contribution < 1.29 is 51.5 Å². The van der Waals surface area contributed by atoms with Crippen molar-refractivity contribution in [3.63, 3.8) is 0 Å². The summed E-state index contributed by atoms with van der Waals surface area (Å²) in [4.78, 5) is 12.4. The van der Waals surface area contributed by atoms with E-state index in [9.17, 15) is 17.8 Å². The molecule has 0 heterocycles. The van der Waals surface area contributed by atoms with Crippen LogP contribution >= 0.6 is 0 Å². The number of ketones is 1. The number of carbonyl (C=O) groups excluding carboxylic acids is 1. The Bertz CT molecular complexity index is 732. The Hall–Kier alpha value is 0.280. The van der Waals surface area contributed by atoms with E-state index in [0.717, 1.165) is 38.5 Å². The summed E-state index contributed by atoms with van der Waals surface area (Å²) < 4.78 is 37.5. The monoisotopic (exact) mass is 390 g/mol. The Kier molecular flexibility index (Phi) is 5.62. The second-order valence-electron chi connectivity index (χ2n) is 9.05. The van der Waals surface area contributed by atoms with Gasteiger partial charge in [-0.3, -0.25) is 8.98 Å². The molecule has 4 unspecified atom stereocenters. The van der Waals surface area contributed by atoms with Gasteiger partial charge in [0.25, 0.3) is 0 Å². The van der Waals surface area contributed by atoms with Gasteiger partial charge < -0.3 is 4.55 Å². The van der Waals surface area contributed by atoms with Crippen LogP contribution in [0.25, 0.3) is 0 Å². The van der Waals surface area contributed by atoms with Crippen molar-refractivity contribution in [2.45, 2.75) is 71.3 Å². The van der Waals surface area contributed by atoms with Crippen molar-refractivity contribution in [2.75, 3.05) is 0 Å². The SMILES string of the molecule is C[C@]12CCC(OS(=O)(=O)[O-])CC1=CCC1C2CC[C@]2(C)C(=O)CCC12.[Na+]. The van der Waals surface area contributed by atoms with E-state index in [1.807, 2.05) is 0 Å². The standard InChI is InChI=1S/C19H28O5S.Na/c1-18-9-7-13(24-25(21,22)23)11-12(18)3-4-14-15-5-6-17(20)19(15,2)10-8-16(14)18;/h3,13-16H,4-11H2,1-2H3,(H,21,22,23);/q;+1/p-1/t13?,14?,15?,16?,18-,19-;/m0./s1. The number of hydrogen-bond acceptors (Lipinski definition) is 5. The molecule has 4 aliphatic carbocycles. The molecule has 140 valence electrons. The first-order chi connectivity index (χ1) is 11.6. The molecule has 0 spiro atoms. The molecule has 4 rings (SSSR count). The predicted octanol–water partition coefficient (Wildman–Crippen LogP) is 0.368. The fourth-order valence-electron chi connectivity index (χ4n) is 6.65. The fourth-order valence-corrected chi connectivity index (χ4v) is 7.14. The molecule has 0 N–H and O–H groups in total. The smallest absolute Gasteiger partial charge is 0.726 e. The van der Waals surface area contributed by atoms with Crippen molar-refractivity contribution in [2.24, 2.45) is 28.6 Å². The van der Waals surface area contributed by atoms with Crippen molar-refractivity contribution in [1.82, 2.24) is 0 Å². The third kappa shape index (κ3) is 3.29. The molecule has 0 radical (unpaired) electrons. The van der Waals surface area contributed by atoms with Crippen LogP contribution in [0.5, 0.6) is 0 Å². The minimum Gasteiger partial charge on any atom is -0.726 e. The summed E-state index contributed by atoms with van der Waals surface area (Å²) in [6, 6.07) is 0. The second kappa shape index (κ2) is 6.96. The quantitative estimate of drug-likeness (QED) is 0.294. The van der Waals surface area contributed by atoms with Crippen molar-refractivity contribution in [3.05, 3.63) is 11.6 Å². The number of allylic oxidation sites excluding steroid dienone is 1. The maximum atomic E-state index is 12.4. The molecule has 6 atom stereocenters. The van der Waals surface area contributed by atoms with Crippen LogP contribution in [0.15, 0.2) is 11.6 Å². The van der Waals surface area contributed by atoms with Gasteiger partial charge in [0, 0.05) is 11.8 Å². The molecule has 26 heavy (non-hydrogen) atoms. The largest absolute Gasteiger partial charge is 1.00 e. The molecule has 7 heteroatoms. The molecule has 0 amide bonds. The van der Waals surface area contributed by atoms with Gasteiger partial charge in [0.05, 0.1) is 6.10 Å². The van der Waals surface area contributed by atoms with Gasteiger partial charge in [-0.05, 0) is 68.1 Å². The molecule has 0 aliphatic heterocycles. The van der Waals surface area contributed by atoms with Gasteiger partial charge in [-0.15, -0.1) is 0 Å². The maximum Gasteiger partial charge on any atom is 1.00 e. The number of rotatable bonds is 2. The first-order valence-electron chi connectivity index (χ1n) is 9.50. The number of hydrogen-bond donors (Lipinski definition) is 0. The average molecular weight is 390 g/mol. The van der Waals surface area contributed by atoms with Gasteiger partial charge in [-0.2, -0.15) is 0 Å². The van der Waals surface area contributed by atoms with E-state index in [4.69, 9.17) is 4.18 Å². The molecule has 5 nitrogen and oxygen atoms in total. The van der Waals surface area contributed by atoms with Crippen molar-refractivity contribution in [1.29, 1.82) is 0 Å². The van der Waals surface area contributed by atoms with Gasteiger partial charge in [0.1, 0.15) is 5.78 Å². The van der Waals surface area contributed by atoms with Crippen LogP contribution in [0.1, 0.15) is 65.2 Å². The van der Waals surface area contributed by atoms with Crippen LogP contribution in [0.3, 0.4) is 0 Å². The van der Waals surface area contributed by atoms with E-state index < -0.39 is 16.5 Å². The van der Waals surface area contributed by atoms with Crippen molar-refractivity contribution >= 4 is 16.2 Å². The molecule has 4 aliphatic rings. The Morgan fingerprint density at radius 1 is 1.12 bits per heavy atom. The summed E-state index contributed by atoms with van der Waals surface area (Å²) in [7, 11) is -4.65. The molecule has 0 aromatic heterocycles. The van der Waals surface area contributed by atoms with Crippen LogP contribution in [0, 0.1) is 28.6 Å². The molecular weight excluding hydrogens is 363 g/mol. The third-order valence-corrected chi connectivity index (χ3v) is 8.53. The Balaban J connectivity index is 0.00000196. The van der Waals surface area contributed by atoms with Gasteiger partial charge >= 0.3 is 29.6 Å². The Labute approximate surface area is 178 Å². The van der Waals surface area contributed by atoms with Gasteiger partial charge in [0.15, 0.2) is 0 Å². The van der Waals surface area contributed by atoms with Crippen LogP contribution < -0.4 is 29.6 Å². The molecule has 0 aromatic carbocycles. The minimum atomic E-state index is -4.65. The molecule has 0 aromatic rings. The van der Waals surface area contributed by atoms with Gasteiger partial charge in [-0.25, -0.2) is 8.42 Å². The number of Topliss-reactive ketones (excluding diaryl/α,β-unsaturated/α-hetero) is 1. The van der Waals surface area contributed by atoms with Crippen LogP contribution in [-0.2, 0) is 19.4 Å². The number of carbonyl (C=O) groups is 1. The van der Waals surface area contributed by atoms with Crippen molar-refractivity contribution in [3.8, 4) is 0 Å². The zero-order chi connectivity index (χ0) is 18.0. The summed E-state index contributed by atoms with van der Waals surface area (Å²) in [6.07, 6.45) is 8.55. The molecule has 0 bridgehead atoms. The average Bonchev–Trinajstić information content (AvgIpc) is 2.82. The first kappa shape index (κ1) is 21.0. The summed E-state index contributed by atoms with van der Waals surface area (Å²) in [5.74, 6) is 2.05. The van der Waals surface area contributed by atoms with E-state index in [1.165, 1.54) is 5.57 Å². The predicted molar refractivity (Wildman–Crippen MR) is 91.3 cm³/mol. The minimum absolute atomic E-state index is 0. The number of fused-ring (bicyclic) bond motifs is 5. The topological polar surface area (TPSA) is 83.5 Å². The molecule has 3 fully saturated rings. The Morgan fingerprint density at radius 2 is 1.77 bits per heavy atom. The van der Waals surface area contributed by atoms with E-state index >= 15 is 0 Å². The first-order valence-corrected chi connectivity index (χ1v) is 10.8. The van der Waals surface area contributed by atoms with E-state index in [-0.39, 0.29) is 40.4 Å². The molecule has 0 saturated heterocycles. The summed E-state index contributed by atoms with van der Waals surface area (Å²) in [5, 5.41) is 0. The Morgan fingerprint density at radius 3 is 2.46 bits per heavy atom. The van der Waals surface area contributed by atoms with Crippen LogP contribution in [0.2, 0.25) is 0 Å². The van der Waals surface area contributed by atoms with E-state index in [0.29, 0.717) is 36.4 Å². The van der Waals surface area contributed by atoms with E-state index in [1.54, 1.807) is 0 Å². The van der Waals surface area contributed by atoms with E-state index in [2.05, 4.69) is 19.9 Å². The summed E-state index contributed by atoms with van der Waals surface area (Å²) >= 11 is 0. The normalized spacial score (nSPS) is 45.0. The molecular formula is C19H27NaO5S. The zero-order valence-corrected chi connectivity index (χ0v) is 18.8. The summed E-state index contributed by atoms with van der Waals surface area (Å²) in [6.45, 7) is 4.48. The maximum absolute atomic E-state index is 12.4. The van der Waals surface area contributed by atoms with Gasteiger partial charge in [0.2, 0.25) is 10.4 Å². The van der Waals surface area contributed by atoms with Crippen LogP contribution in [-0.4, -0.2) is 24.9 Å². The second-order valence-corrected chi connectivity index (χ2v) is 10.1. The summed E-state index contributed by atoms with van der Waals surface area (Å²) in [5.41, 5.74) is 1.20. The van der Waals surface area contributed by atoms with Gasteiger partial charge in [-0.1, -0.05) is 25.5 Å².